The molecule has 19 heavy (non-hydrogen) atoms. The average Bonchev–Trinajstić information content (AvgIpc) is 3.19. The number of carbonyl (C=O) groups is 1. The van der Waals surface area contributed by atoms with Gasteiger partial charge in [0.25, 0.3) is 0 Å². The number of fused-ring (bicyclic) bond motifs is 1. The van der Waals surface area contributed by atoms with Crippen LogP contribution in [-0.4, -0.2) is 25.0 Å². The summed E-state index contributed by atoms with van der Waals surface area (Å²) in [7, 11) is 0. The molecule has 0 unspecified atom stereocenters. The van der Waals surface area contributed by atoms with Crippen molar-refractivity contribution in [3.05, 3.63) is 23.8 Å². The summed E-state index contributed by atoms with van der Waals surface area (Å²) in [6.07, 6.45) is 5.11. The second-order valence-corrected chi connectivity index (χ2v) is 5.57. The van der Waals surface area contributed by atoms with Gasteiger partial charge in [-0.05, 0) is 49.4 Å². The third-order valence-corrected chi connectivity index (χ3v) is 3.87. The Balaban J connectivity index is 1.61. The molecule has 1 heterocycles. The minimum absolute atomic E-state index is 0.185. The minimum Gasteiger partial charge on any atom is -0.399 e. The Hall–Kier alpha value is -1.71. The van der Waals surface area contributed by atoms with Crippen LogP contribution in [-0.2, 0) is 11.2 Å². The first-order chi connectivity index (χ1) is 9.22. The number of nitrogen functional groups attached to an aromatic ring is 1. The number of anilines is 2. The molecule has 0 atom stereocenters. The highest BCUT2D eigenvalue weighted by molar-refractivity contribution is 5.77. The van der Waals surface area contributed by atoms with Crippen LogP contribution < -0.4 is 16.0 Å². The molecule has 1 fully saturated rings. The fourth-order valence-corrected chi connectivity index (χ4v) is 2.69. The van der Waals surface area contributed by atoms with E-state index in [0.717, 1.165) is 44.5 Å². The molecule has 0 bridgehead atoms. The first-order valence-electron chi connectivity index (χ1n) is 7.15. The predicted molar refractivity (Wildman–Crippen MR) is 77.2 cm³/mol. The van der Waals surface area contributed by atoms with Crippen molar-refractivity contribution in [2.45, 2.75) is 38.1 Å². The van der Waals surface area contributed by atoms with Crippen molar-refractivity contribution < 1.29 is 4.79 Å². The summed E-state index contributed by atoms with van der Waals surface area (Å²) >= 11 is 0. The lowest BCUT2D eigenvalue weighted by molar-refractivity contribution is -0.121. The van der Waals surface area contributed by atoms with Crippen LogP contribution in [0.1, 0.15) is 31.2 Å². The third-order valence-electron chi connectivity index (χ3n) is 3.87. The van der Waals surface area contributed by atoms with Crippen molar-refractivity contribution in [3.63, 3.8) is 0 Å². The van der Waals surface area contributed by atoms with E-state index in [2.05, 4.69) is 22.3 Å². The van der Waals surface area contributed by atoms with Crippen LogP contribution in [0.4, 0.5) is 11.4 Å². The average molecular weight is 259 g/mol. The number of hydrogen-bond donors (Lipinski definition) is 2. The highest BCUT2D eigenvalue weighted by Gasteiger charge is 2.24. The van der Waals surface area contributed by atoms with Crippen LogP contribution in [0, 0.1) is 0 Å². The summed E-state index contributed by atoms with van der Waals surface area (Å²) < 4.78 is 0. The summed E-state index contributed by atoms with van der Waals surface area (Å²) in [5, 5.41) is 3.04. The Labute approximate surface area is 114 Å². The van der Waals surface area contributed by atoms with Crippen molar-refractivity contribution in [3.8, 4) is 0 Å². The minimum atomic E-state index is 0.185. The summed E-state index contributed by atoms with van der Waals surface area (Å²) in [4.78, 5) is 14.1. The standard InChI is InChI=1S/C15H21N3O/c16-12-3-6-14-11(10-12)2-1-8-18(14)9-7-15(19)17-13-4-5-13/h3,6,10,13H,1-2,4-5,7-9,16H2,(H,17,19). The van der Waals surface area contributed by atoms with E-state index < -0.39 is 0 Å². The van der Waals surface area contributed by atoms with E-state index in [4.69, 9.17) is 5.73 Å². The molecule has 3 rings (SSSR count). The summed E-state index contributed by atoms with van der Waals surface area (Å²) in [6, 6.07) is 6.55. The number of nitrogens with one attached hydrogen (secondary N) is 1. The van der Waals surface area contributed by atoms with Gasteiger partial charge >= 0.3 is 0 Å². The quantitative estimate of drug-likeness (QED) is 0.809. The van der Waals surface area contributed by atoms with Gasteiger partial charge in [-0.25, -0.2) is 0 Å². The van der Waals surface area contributed by atoms with Crippen LogP contribution in [0.25, 0.3) is 0 Å². The fraction of sp³-hybridized carbons (Fsp3) is 0.533. The number of hydrogen-bond acceptors (Lipinski definition) is 3. The normalized spacial score (nSPS) is 18.0. The molecule has 1 aromatic rings. The lowest BCUT2D eigenvalue weighted by Gasteiger charge is -2.31. The number of amides is 1. The summed E-state index contributed by atoms with van der Waals surface area (Å²) in [5.41, 5.74) is 9.22. The molecule has 0 radical (unpaired) electrons. The lowest BCUT2D eigenvalue weighted by atomic mass is 10.0. The molecular formula is C15H21N3O. The number of aryl methyl sites for hydroxylation is 1. The Morgan fingerprint density at radius 3 is 3.05 bits per heavy atom. The molecule has 0 aromatic heterocycles. The van der Waals surface area contributed by atoms with E-state index in [9.17, 15) is 4.79 Å². The van der Waals surface area contributed by atoms with Crippen molar-refractivity contribution in [2.75, 3.05) is 23.7 Å². The SMILES string of the molecule is Nc1ccc2c(c1)CCCN2CCC(=O)NC1CC1. The molecule has 1 aliphatic carbocycles. The van der Waals surface area contributed by atoms with E-state index in [1.807, 2.05) is 6.07 Å². The zero-order chi connectivity index (χ0) is 13.2. The Kier molecular flexibility index (Phi) is 3.32. The van der Waals surface area contributed by atoms with E-state index >= 15 is 0 Å². The highest BCUT2D eigenvalue weighted by atomic mass is 16.1. The molecule has 1 amide bonds. The molecule has 0 saturated heterocycles. The van der Waals surface area contributed by atoms with E-state index in [-0.39, 0.29) is 5.91 Å². The van der Waals surface area contributed by atoms with Crippen molar-refractivity contribution in [2.24, 2.45) is 0 Å². The second kappa shape index (κ2) is 5.11. The van der Waals surface area contributed by atoms with E-state index in [0.29, 0.717) is 12.5 Å². The van der Waals surface area contributed by atoms with Crippen molar-refractivity contribution in [1.82, 2.24) is 5.32 Å². The van der Waals surface area contributed by atoms with Gasteiger partial charge in [-0.15, -0.1) is 0 Å². The zero-order valence-corrected chi connectivity index (χ0v) is 11.2. The predicted octanol–water partition coefficient (Wildman–Crippen LogP) is 1.69. The van der Waals surface area contributed by atoms with Crippen LogP contribution in [0.3, 0.4) is 0 Å². The van der Waals surface area contributed by atoms with Gasteiger partial charge < -0.3 is 16.0 Å². The summed E-state index contributed by atoms with van der Waals surface area (Å²) in [6.45, 7) is 1.84. The Morgan fingerprint density at radius 2 is 2.26 bits per heavy atom. The van der Waals surface area contributed by atoms with E-state index in [1.165, 1.54) is 11.3 Å². The third kappa shape index (κ3) is 3.00. The molecule has 4 heteroatoms. The topological polar surface area (TPSA) is 58.4 Å². The van der Waals surface area contributed by atoms with Crippen molar-refractivity contribution >= 4 is 17.3 Å². The first kappa shape index (κ1) is 12.3. The molecule has 1 aromatic carbocycles. The van der Waals surface area contributed by atoms with Gasteiger partial charge in [0.1, 0.15) is 0 Å². The molecule has 1 saturated carbocycles. The number of benzene rings is 1. The molecular weight excluding hydrogens is 238 g/mol. The number of carbonyl (C=O) groups excluding carboxylic acids is 1. The molecule has 2 aliphatic rings. The maximum Gasteiger partial charge on any atom is 0.221 e. The van der Waals surface area contributed by atoms with Gasteiger partial charge in [-0.2, -0.15) is 0 Å². The van der Waals surface area contributed by atoms with Gasteiger partial charge in [0.2, 0.25) is 5.91 Å². The highest BCUT2D eigenvalue weighted by Crippen LogP contribution is 2.28. The van der Waals surface area contributed by atoms with Gasteiger partial charge in [0.15, 0.2) is 0 Å². The van der Waals surface area contributed by atoms with Crippen LogP contribution in [0.2, 0.25) is 0 Å². The van der Waals surface area contributed by atoms with Gasteiger partial charge in [-0.1, -0.05) is 0 Å². The monoisotopic (exact) mass is 259 g/mol. The number of rotatable bonds is 4. The van der Waals surface area contributed by atoms with Gasteiger partial charge in [0, 0.05) is 36.9 Å². The van der Waals surface area contributed by atoms with E-state index in [1.54, 1.807) is 0 Å². The van der Waals surface area contributed by atoms with Crippen LogP contribution in [0.15, 0.2) is 18.2 Å². The number of nitrogens with zero attached hydrogens (tertiary/aromatic N) is 1. The second-order valence-electron chi connectivity index (χ2n) is 5.57. The first-order valence-corrected chi connectivity index (χ1v) is 7.15. The largest absolute Gasteiger partial charge is 0.399 e. The molecule has 1 aliphatic heterocycles. The van der Waals surface area contributed by atoms with Crippen LogP contribution >= 0.6 is 0 Å². The van der Waals surface area contributed by atoms with Crippen molar-refractivity contribution in [1.29, 1.82) is 0 Å². The van der Waals surface area contributed by atoms with Crippen LogP contribution in [0.5, 0.6) is 0 Å². The smallest absolute Gasteiger partial charge is 0.221 e. The molecule has 4 nitrogen and oxygen atoms in total. The zero-order valence-electron chi connectivity index (χ0n) is 11.2. The Bertz CT molecular complexity index is 482. The van der Waals surface area contributed by atoms with Gasteiger partial charge in [0.05, 0.1) is 0 Å². The van der Waals surface area contributed by atoms with Gasteiger partial charge in [-0.3, -0.25) is 4.79 Å². The Morgan fingerprint density at radius 1 is 1.42 bits per heavy atom. The number of nitrogens with two attached hydrogens (primary N) is 1. The molecule has 102 valence electrons. The maximum absolute atomic E-state index is 11.7. The molecule has 3 N–H and O–H groups in total. The summed E-state index contributed by atoms with van der Waals surface area (Å²) in [5.74, 6) is 0.185. The lowest BCUT2D eigenvalue weighted by Crippen LogP contribution is -2.34. The molecule has 0 spiro atoms. The maximum atomic E-state index is 11.7. The fourth-order valence-electron chi connectivity index (χ4n) is 2.69.